The molecule has 0 saturated carbocycles. The Hall–Kier alpha value is -3.50. The number of nitrogen functional groups attached to an aromatic ring is 1. The molecular formula is C23H36N10O. The summed E-state index contributed by atoms with van der Waals surface area (Å²) in [5.41, 5.74) is 7.32. The van der Waals surface area contributed by atoms with Crippen molar-refractivity contribution < 1.29 is 4.42 Å². The lowest BCUT2D eigenvalue weighted by Crippen LogP contribution is -2.16. The third-order valence-corrected chi connectivity index (χ3v) is 5.02. The molecule has 0 amide bonds. The Morgan fingerprint density at radius 1 is 0.971 bits per heavy atom. The number of hydrogen-bond donors (Lipinski definition) is 3. The molecule has 3 heterocycles. The second-order valence-electron chi connectivity index (χ2n) is 9.17. The molecule has 3 rings (SSSR count). The van der Waals surface area contributed by atoms with Crippen molar-refractivity contribution in [1.29, 1.82) is 0 Å². The van der Waals surface area contributed by atoms with Crippen LogP contribution in [0.1, 0.15) is 71.8 Å². The van der Waals surface area contributed by atoms with Gasteiger partial charge in [-0.1, -0.05) is 47.5 Å². The summed E-state index contributed by atoms with van der Waals surface area (Å²) in [4.78, 5) is 13.7. The van der Waals surface area contributed by atoms with Gasteiger partial charge < -0.3 is 20.8 Å². The fourth-order valence-electron chi connectivity index (χ4n) is 3.13. The average Bonchev–Trinajstić information content (AvgIpc) is 3.35. The zero-order valence-electron chi connectivity index (χ0n) is 21.0. The standard InChI is InChI=1S/C23H36N10O/c1-7-9-13-25-20-27-21(26-14-10-8-2)29-22(28-20)33-19(24)17(18(32-33)23(4,5)6)31-30-16-12-11-15(3)34-16/h11-12H,7-10,13-14,24H2,1-6H3,(H2,25,26,27,28,29)/b31-30+. The lowest BCUT2D eigenvalue weighted by atomic mass is 9.91. The minimum absolute atomic E-state index is 0.294. The zero-order valence-corrected chi connectivity index (χ0v) is 21.0. The van der Waals surface area contributed by atoms with Crippen LogP contribution >= 0.6 is 0 Å². The van der Waals surface area contributed by atoms with Gasteiger partial charge in [-0.05, 0) is 25.8 Å². The first-order valence-corrected chi connectivity index (χ1v) is 11.8. The molecule has 11 nitrogen and oxygen atoms in total. The van der Waals surface area contributed by atoms with E-state index in [4.69, 9.17) is 15.2 Å². The van der Waals surface area contributed by atoms with Gasteiger partial charge >= 0.3 is 0 Å². The number of unbranched alkanes of at least 4 members (excludes halogenated alkanes) is 2. The fourth-order valence-corrected chi connectivity index (χ4v) is 3.13. The predicted molar refractivity (Wildman–Crippen MR) is 134 cm³/mol. The lowest BCUT2D eigenvalue weighted by Gasteiger charge is -2.15. The Labute approximate surface area is 200 Å². The highest BCUT2D eigenvalue weighted by Crippen LogP contribution is 2.37. The summed E-state index contributed by atoms with van der Waals surface area (Å²) >= 11 is 0. The molecule has 0 spiro atoms. The molecule has 4 N–H and O–H groups in total. The molecular weight excluding hydrogens is 432 g/mol. The summed E-state index contributed by atoms with van der Waals surface area (Å²) < 4.78 is 7.01. The number of azo groups is 1. The second kappa shape index (κ2) is 11.1. The molecule has 0 fully saturated rings. The molecule has 184 valence electrons. The van der Waals surface area contributed by atoms with E-state index in [0.717, 1.165) is 44.5 Å². The van der Waals surface area contributed by atoms with Crippen molar-refractivity contribution in [1.82, 2.24) is 24.7 Å². The number of aryl methyl sites for hydroxylation is 1. The van der Waals surface area contributed by atoms with Crippen molar-refractivity contribution in [3.8, 4) is 5.95 Å². The summed E-state index contributed by atoms with van der Waals surface area (Å²) in [6, 6.07) is 3.58. The van der Waals surface area contributed by atoms with Gasteiger partial charge in [-0.25, -0.2) is 0 Å². The van der Waals surface area contributed by atoms with E-state index in [-0.39, 0.29) is 5.41 Å². The van der Waals surface area contributed by atoms with Crippen LogP contribution in [0.25, 0.3) is 5.95 Å². The van der Waals surface area contributed by atoms with Crippen LogP contribution in [-0.4, -0.2) is 37.8 Å². The number of anilines is 3. The quantitative estimate of drug-likeness (QED) is 0.241. The predicted octanol–water partition coefficient (Wildman–Crippen LogP) is 5.68. The fraction of sp³-hybridized carbons (Fsp3) is 0.565. The number of rotatable bonds is 11. The molecule has 11 heteroatoms. The molecule has 0 aliphatic carbocycles. The minimum atomic E-state index is -0.343. The van der Waals surface area contributed by atoms with Crippen molar-refractivity contribution in [3.05, 3.63) is 23.6 Å². The monoisotopic (exact) mass is 468 g/mol. The molecule has 3 aromatic rings. The summed E-state index contributed by atoms with van der Waals surface area (Å²) in [5, 5.41) is 19.9. The molecule has 0 unspecified atom stereocenters. The van der Waals surface area contributed by atoms with E-state index in [0.29, 0.717) is 40.9 Å². The van der Waals surface area contributed by atoms with Gasteiger partial charge in [0.25, 0.3) is 5.95 Å². The Morgan fingerprint density at radius 2 is 1.59 bits per heavy atom. The summed E-state index contributed by atoms with van der Waals surface area (Å²) in [7, 11) is 0. The maximum Gasteiger partial charge on any atom is 0.259 e. The van der Waals surface area contributed by atoms with Gasteiger partial charge in [-0.2, -0.15) is 24.7 Å². The molecule has 0 bridgehead atoms. The Kier molecular flexibility index (Phi) is 8.19. The SMILES string of the molecule is CCCCNc1nc(NCCCC)nc(-n2nc(C(C)(C)C)c(/N=N/c3ccc(C)o3)c2N)n1. The van der Waals surface area contributed by atoms with Crippen LogP contribution in [0.5, 0.6) is 0 Å². The van der Waals surface area contributed by atoms with Crippen molar-refractivity contribution in [2.24, 2.45) is 10.2 Å². The Bertz CT molecular complexity index is 1080. The molecule has 0 radical (unpaired) electrons. The van der Waals surface area contributed by atoms with Crippen LogP contribution in [0.3, 0.4) is 0 Å². The van der Waals surface area contributed by atoms with Gasteiger partial charge in [-0.15, -0.1) is 10.2 Å². The highest BCUT2D eigenvalue weighted by Gasteiger charge is 2.28. The van der Waals surface area contributed by atoms with Gasteiger partial charge in [0.2, 0.25) is 17.8 Å². The highest BCUT2D eigenvalue weighted by molar-refractivity contribution is 5.65. The van der Waals surface area contributed by atoms with Crippen LogP contribution in [0.15, 0.2) is 26.8 Å². The molecule has 0 aromatic carbocycles. The van der Waals surface area contributed by atoms with E-state index < -0.39 is 0 Å². The molecule has 0 saturated heterocycles. The van der Waals surface area contributed by atoms with Crippen LogP contribution in [0.2, 0.25) is 0 Å². The van der Waals surface area contributed by atoms with Crippen molar-refractivity contribution in [2.45, 2.75) is 72.6 Å². The van der Waals surface area contributed by atoms with Gasteiger partial charge in [0, 0.05) is 24.6 Å². The average molecular weight is 469 g/mol. The molecule has 3 aromatic heterocycles. The lowest BCUT2D eigenvalue weighted by molar-refractivity contribution is 0.539. The summed E-state index contributed by atoms with van der Waals surface area (Å²) in [6.07, 6.45) is 4.15. The van der Waals surface area contributed by atoms with E-state index in [1.54, 1.807) is 6.07 Å². The third kappa shape index (κ3) is 6.30. The zero-order chi connectivity index (χ0) is 24.7. The van der Waals surface area contributed by atoms with Crippen molar-refractivity contribution in [2.75, 3.05) is 29.5 Å². The molecule has 0 aliphatic heterocycles. The Balaban J connectivity index is 2.04. The largest absolute Gasteiger partial charge is 0.442 e. The smallest absolute Gasteiger partial charge is 0.259 e. The van der Waals surface area contributed by atoms with E-state index in [1.165, 1.54) is 4.68 Å². The highest BCUT2D eigenvalue weighted by atomic mass is 16.4. The van der Waals surface area contributed by atoms with Crippen LogP contribution in [-0.2, 0) is 5.41 Å². The molecule has 34 heavy (non-hydrogen) atoms. The minimum Gasteiger partial charge on any atom is -0.442 e. The number of aromatic nitrogens is 5. The number of hydrogen-bond acceptors (Lipinski definition) is 10. The van der Waals surface area contributed by atoms with Crippen molar-refractivity contribution in [3.63, 3.8) is 0 Å². The van der Waals surface area contributed by atoms with E-state index in [2.05, 4.69) is 49.7 Å². The van der Waals surface area contributed by atoms with E-state index >= 15 is 0 Å². The van der Waals surface area contributed by atoms with Gasteiger partial charge in [0.15, 0.2) is 11.5 Å². The number of nitrogens with one attached hydrogen (secondary N) is 2. The van der Waals surface area contributed by atoms with Gasteiger partial charge in [-0.3, -0.25) is 0 Å². The first-order chi connectivity index (χ1) is 16.2. The van der Waals surface area contributed by atoms with Gasteiger partial charge in [0.05, 0.1) is 5.69 Å². The van der Waals surface area contributed by atoms with Gasteiger partial charge in [0.1, 0.15) is 5.76 Å². The molecule has 0 atom stereocenters. The maximum atomic E-state index is 6.52. The van der Waals surface area contributed by atoms with E-state index in [1.807, 2.05) is 33.8 Å². The normalized spacial score (nSPS) is 11.9. The summed E-state index contributed by atoms with van der Waals surface area (Å²) in [6.45, 7) is 13.8. The summed E-state index contributed by atoms with van der Waals surface area (Å²) in [5.74, 6) is 2.70. The first-order valence-electron chi connectivity index (χ1n) is 11.8. The number of furan rings is 1. The number of nitrogens with two attached hydrogens (primary N) is 1. The van der Waals surface area contributed by atoms with Crippen LogP contribution in [0.4, 0.5) is 29.3 Å². The second-order valence-corrected chi connectivity index (χ2v) is 9.17. The van der Waals surface area contributed by atoms with E-state index in [9.17, 15) is 0 Å². The van der Waals surface area contributed by atoms with Crippen LogP contribution < -0.4 is 16.4 Å². The number of nitrogens with zero attached hydrogens (tertiary/aromatic N) is 7. The Morgan fingerprint density at radius 3 is 2.09 bits per heavy atom. The third-order valence-electron chi connectivity index (χ3n) is 5.02. The van der Waals surface area contributed by atoms with Crippen molar-refractivity contribution >= 4 is 29.3 Å². The molecule has 0 aliphatic rings. The van der Waals surface area contributed by atoms with Crippen LogP contribution in [0, 0.1) is 6.92 Å². The topological polar surface area (TPSA) is 144 Å². The first kappa shape index (κ1) is 25.1. The maximum absolute atomic E-state index is 6.52.